The minimum absolute atomic E-state index is 0.00548. The summed E-state index contributed by atoms with van der Waals surface area (Å²) in [7, 11) is 0. The van der Waals surface area contributed by atoms with Crippen molar-refractivity contribution in [1.29, 1.82) is 0 Å². The van der Waals surface area contributed by atoms with Crippen LogP contribution in [-0.4, -0.2) is 59.2 Å². The quantitative estimate of drug-likeness (QED) is 0.612. The maximum Gasteiger partial charge on any atom is 0.253 e. The molecule has 2 amide bonds. The van der Waals surface area contributed by atoms with E-state index in [0.29, 0.717) is 25.2 Å². The van der Waals surface area contributed by atoms with Crippen LogP contribution in [0.25, 0.3) is 0 Å². The second-order valence-corrected chi connectivity index (χ2v) is 8.67. The van der Waals surface area contributed by atoms with Crippen molar-refractivity contribution in [2.24, 2.45) is 5.92 Å². The van der Waals surface area contributed by atoms with E-state index in [2.05, 4.69) is 20.4 Å². The summed E-state index contributed by atoms with van der Waals surface area (Å²) >= 11 is 0. The van der Waals surface area contributed by atoms with Gasteiger partial charge in [0.2, 0.25) is 5.91 Å². The Bertz CT molecular complexity index is 1120. The molecule has 0 aliphatic carbocycles. The number of carbonyl (C=O) groups is 2. The van der Waals surface area contributed by atoms with Gasteiger partial charge in [0.15, 0.2) is 5.82 Å². The molecule has 2 aromatic carbocycles. The van der Waals surface area contributed by atoms with Crippen molar-refractivity contribution < 1.29 is 14.3 Å². The SMILES string of the molecule is O=C(Nc1ccc(O[C@@H]2CCN(C(=O)c3ccccc3)C2)cc1)C1CCN(c2cccnn2)C1. The molecule has 0 spiro atoms. The predicted molar refractivity (Wildman–Crippen MR) is 129 cm³/mol. The van der Waals surface area contributed by atoms with E-state index in [1.807, 2.05) is 71.6 Å². The Hall–Kier alpha value is -3.94. The minimum atomic E-state index is -0.0930. The van der Waals surface area contributed by atoms with Crippen molar-refractivity contribution in [1.82, 2.24) is 15.1 Å². The summed E-state index contributed by atoms with van der Waals surface area (Å²) < 4.78 is 6.09. The number of ether oxygens (including phenoxy) is 1. The van der Waals surface area contributed by atoms with Gasteiger partial charge >= 0.3 is 0 Å². The van der Waals surface area contributed by atoms with Gasteiger partial charge in [-0.25, -0.2) is 0 Å². The zero-order valence-corrected chi connectivity index (χ0v) is 18.8. The minimum Gasteiger partial charge on any atom is -0.489 e. The smallest absolute Gasteiger partial charge is 0.253 e. The number of carbonyl (C=O) groups excluding carboxylic acids is 2. The molecule has 34 heavy (non-hydrogen) atoms. The van der Waals surface area contributed by atoms with Gasteiger partial charge < -0.3 is 19.9 Å². The first-order valence-electron chi connectivity index (χ1n) is 11.6. The first-order chi connectivity index (χ1) is 16.7. The van der Waals surface area contributed by atoms with Gasteiger partial charge in [-0.2, -0.15) is 5.10 Å². The first kappa shape index (κ1) is 21.9. The predicted octanol–water partition coefficient (Wildman–Crippen LogP) is 3.24. The monoisotopic (exact) mass is 457 g/mol. The zero-order valence-electron chi connectivity index (χ0n) is 18.8. The Morgan fingerprint density at radius 1 is 0.912 bits per heavy atom. The number of nitrogens with zero attached hydrogens (tertiary/aromatic N) is 4. The highest BCUT2D eigenvalue weighted by Gasteiger charge is 2.30. The van der Waals surface area contributed by atoms with Crippen molar-refractivity contribution in [3.8, 4) is 5.75 Å². The molecule has 1 N–H and O–H groups in total. The lowest BCUT2D eigenvalue weighted by Gasteiger charge is -2.18. The van der Waals surface area contributed by atoms with E-state index in [0.717, 1.165) is 36.6 Å². The lowest BCUT2D eigenvalue weighted by atomic mass is 10.1. The molecule has 8 nitrogen and oxygen atoms in total. The van der Waals surface area contributed by atoms with Crippen molar-refractivity contribution in [3.63, 3.8) is 0 Å². The van der Waals surface area contributed by atoms with E-state index in [9.17, 15) is 9.59 Å². The van der Waals surface area contributed by atoms with E-state index < -0.39 is 0 Å². The molecule has 0 radical (unpaired) electrons. The van der Waals surface area contributed by atoms with Crippen LogP contribution in [0.5, 0.6) is 5.75 Å². The molecule has 0 bridgehead atoms. The van der Waals surface area contributed by atoms with Crippen molar-refractivity contribution >= 4 is 23.3 Å². The Kier molecular flexibility index (Phi) is 6.38. The van der Waals surface area contributed by atoms with Gasteiger partial charge in [-0.15, -0.1) is 5.10 Å². The van der Waals surface area contributed by atoms with Crippen LogP contribution >= 0.6 is 0 Å². The number of anilines is 2. The van der Waals surface area contributed by atoms with Crippen LogP contribution in [0.4, 0.5) is 11.5 Å². The second-order valence-electron chi connectivity index (χ2n) is 8.67. The van der Waals surface area contributed by atoms with Crippen LogP contribution in [0.15, 0.2) is 72.9 Å². The van der Waals surface area contributed by atoms with Crippen LogP contribution in [0.2, 0.25) is 0 Å². The number of hydrogen-bond acceptors (Lipinski definition) is 6. The Morgan fingerprint density at radius 3 is 2.50 bits per heavy atom. The van der Waals surface area contributed by atoms with Gasteiger partial charge in [0.05, 0.1) is 12.5 Å². The molecule has 8 heteroatoms. The average Bonchev–Trinajstić information content (AvgIpc) is 3.56. The zero-order chi connectivity index (χ0) is 23.3. The highest BCUT2D eigenvalue weighted by Crippen LogP contribution is 2.25. The molecule has 0 saturated carbocycles. The largest absolute Gasteiger partial charge is 0.489 e. The summed E-state index contributed by atoms with van der Waals surface area (Å²) in [5.74, 6) is 1.48. The number of hydrogen-bond donors (Lipinski definition) is 1. The van der Waals surface area contributed by atoms with Gasteiger partial charge in [-0.1, -0.05) is 18.2 Å². The van der Waals surface area contributed by atoms with Crippen molar-refractivity contribution in [3.05, 3.63) is 78.5 Å². The normalized spacial score (nSPS) is 19.8. The van der Waals surface area contributed by atoms with E-state index in [4.69, 9.17) is 4.74 Å². The third-order valence-electron chi connectivity index (χ3n) is 6.32. The molecule has 1 unspecified atom stereocenters. The van der Waals surface area contributed by atoms with Crippen molar-refractivity contribution in [2.45, 2.75) is 18.9 Å². The number of rotatable bonds is 6. The standard InChI is InChI=1S/C26H27N5O3/c32-25(20-12-15-30(17-20)24-7-4-14-27-29-24)28-21-8-10-22(11-9-21)34-23-13-16-31(18-23)26(33)19-5-2-1-3-6-19/h1-11,14,20,23H,12-13,15-18H2,(H,28,32)/t20?,23-/m1/s1. The Balaban J connectivity index is 1.11. The average molecular weight is 458 g/mol. The highest BCUT2D eigenvalue weighted by molar-refractivity contribution is 5.94. The fraction of sp³-hybridized carbons (Fsp3) is 0.308. The summed E-state index contributed by atoms with van der Waals surface area (Å²) in [6, 6.07) is 20.5. The van der Waals surface area contributed by atoms with E-state index in [-0.39, 0.29) is 23.8 Å². The molecule has 174 valence electrons. The molecular weight excluding hydrogens is 430 g/mol. The number of amides is 2. The summed E-state index contributed by atoms with van der Waals surface area (Å²) in [6.07, 6.45) is 3.17. The summed E-state index contributed by atoms with van der Waals surface area (Å²) in [5.41, 5.74) is 1.44. The van der Waals surface area contributed by atoms with Crippen LogP contribution < -0.4 is 15.0 Å². The molecular formula is C26H27N5O3. The van der Waals surface area contributed by atoms with Gasteiger partial charge in [0, 0.05) is 43.5 Å². The molecule has 3 aromatic rings. The molecule has 1 aromatic heterocycles. The summed E-state index contributed by atoms with van der Waals surface area (Å²) in [4.78, 5) is 29.3. The van der Waals surface area contributed by atoms with Gasteiger partial charge in [0.25, 0.3) is 5.91 Å². The lowest BCUT2D eigenvalue weighted by molar-refractivity contribution is -0.119. The number of nitrogens with one attached hydrogen (secondary N) is 1. The lowest BCUT2D eigenvalue weighted by Crippen LogP contribution is -2.30. The molecule has 2 atom stereocenters. The fourth-order valence-electron chi connectivity index (χ4n) is 4.47. The number of likely N-dealkylation sites (tertiary alicyclic amines) is 1. The maximum atomic E-state index is 12.7. The van der Waals surface area contributed by atoms with Crippen LogP contribution in [0.3, 0.4) is 0 Å². The Morgan fingerprint density at radius 2 is 1.74 bits per heavy atom. The van der Waals surface area contributed by atoms with E-state index in [1.54, 1.807) is 6.20 Å². The topological polar surface area (TPSA) is 87.7 Å². The molecule has 2 aliphatic heterocycles. The first-order valence-corrected chi connectivity index (χ1v) is 11.6. The van der Waals surface area contributed by atoms with E-state index >= 15 is 0 Å². The third kappa shape index (κ3) is 5.01. The van der Waals surface area contributed by atoms with Crippen LogP contribution in [0, 0.1) is 5.92 Å². The fourth-order valence-corrected chi connectivity index (χ4v) is 4.47. The van der Waals surface area contributed by atoms with Crippen LogP contribution in [0.1, 0.15) is 23.2 Å². The van der Waals surface area contributed by atoms with Gasteiger partial charge in [0.1, 0.15) is 11.9 Å². The second kappa shape index (κ2) is 9.91. The summed E-state index contributed by atoms with van der Waals surface area (Å²) in [6.45, 7) is 2.66. The number of aromatic nitrogens is 2. The molecule has 2 saturated heterocycles. The molecule has 2 fully saturated rings. The van der Waals surface area contributed by atoms with Gasteiger partial charge in [-0.3, -0.25) is 9.59 Å². The van der Waals surface area contributed by atoms with Crippen LogP contribution in [-0.2, 0) is 4.79 Å². The molecule has 2 aliphatic rings. The van der Waals surface area contributed by atoms with Crippen molar-refractivity contribution in [2.75, 3.05) is 36.4 Å². The van der Waals surface area contributed by atoms with E-state index in [1.165, 1.54) is 0 Å². The summed E-state index contributed by atoms with van der Waals surface area (Å²) in [5, 5.41) is 11.1. The number of benzene rings is 2. The van der Waals surface area contributed by atoms with Gasteiger partial charge in [-0.05, 0) is 55.0 Å². The molecule has 3 heterocycles. The highest BCUT2D eigenvalue weighted by atomic mass is 16.5. The Labute approximate surface area is 198 Å². The maximum absolute atomic E-state index is 12.7. The molecule has 5 rings (SSSR count). The third-order valence-corrected chi connectivity index (χ3v) is 6.32.